The molecule has 0 aliphatic carbocycles. The first-order chi connectivity index (χ1) is 16.0. The SMILES string of the molecule is CC(c1cc(-c2ccc3[nH]c(=O)oc3c2)co1)N(Cc1ccc(F)cc1)C1CCN(C)CC1. The Balaban J connectivity index is 1.41. The van der Waals surface area contributed by atoms with Crippen LogP contribution in [-0.4, -0.2) is 41.0 Å². The molecule has 1 fully saturated rings. The summed E-state index contributed by atoms with van der Waals surface area (Å²) in [5.41, 5.74) is 4.15. The van der Waals surface area contributed by atoms with E-state index in [4.69, 9.17) is 8.83 Å². The number of hydrogen-bond donors (Lipinski definition) is 1. The number of benzene rings is 2. The van der Waals surface area contributed by atoms with Crippen LogP contribution >= 0.6 is 0 Å². The maximum absolute atomic E-state index is 13.4. The van der Waals surface area contributed by atoms with Crippen LogP contribution in [0.2, 0.25) is 0 Å². The summed E-state index contributed by atoms with van der Waals surface area (Å²) in [5.74, 6) is 0.198. The molecule has 5 rings (SSSR count). The molecule has 1 aliphatic rings. The van der Waals surface area contributed by atoms with E-state index < -0.39 is 5.76 Å². The topological polar surface area (TPSA) is 65.6 Å². The fraction of sp³-hybridized carbons (Fsp3) is 0.346. The van der Waals surface area contributed by atoms with Crippen molar-refractivity contribution < 1.29 is 13.2 Å². The highest BCUT2D eigenvalue weighted by Crippen LogP contribution is 2.33. The summed E-state index contributed by atoms with van der Waals surface area (Å²) in [5, 5.41) is 0. The molecule has 4 aromatic rings. The first-order valence-corrected chi connectivity index (χ1v) is 11.4. The van der Waals surface area contributed by atoms with E-state index in [1.165, 1.54) is 12.1 Å². The van der Waals surface area contributed by atoms with Crippen molar-refractivity contribution in [1.29, 1.82) is 0 Å². The third-order valence-electron chi connectivity index (χ3n) is 6.72. The smallest absolute Gasteiger partial charge is 0.417 e. The number of halogens is 1. The minimum Gasteiger partial charge on any atom is -0.467 e. The largest absolute Gasteiger partial charge is 0.467 e. The van der Waals surface area contributed by atoms with E-state index >= 15 is 0 Å². The van der Waals surface area contributed by atoms with Gasteiger partial charge in [-0.3, -0.25) is 9.88 Å². The number of hydrogen-bond acceptors (Lipinski definition) is 5. The molecular formula is C26H28FN3O3. The minimum absolute atomic E-state index is 0.0473. The lowest BCUT2D eigenvalue weighted by Crippen LogP contribution is -2.44. The molecule has 3 heterocycles. The summed E-state index contributed by atoms with van der Waals surface area (Å²) < 4.78 is 24.7. The Morgan fingerprint density at radius 3 is 2.64 bits per heavy atom. The molecule has 6 nitrogen and oxygen atoms in total. The number of nitrogens with zero attached hydrogens (tertiary/aromatic N) is 2. The second kappa shape index (κ2) is 9.00. The molecule has 0 amide bonds. The van der Waals surface area contributed by atoms with Gasteiger partial charge in [0.25, 0.3) is 0 Å². The predicted octanol–water partition coefficient (Wildman–Crippen LogP) is 5.18. The summed E-state index contributed by atoms with van der Waals surface area (Å²) in [4.78, 5) is 19.0. The van der Waals surface area contributed by atoms with Gasteiger partial charge in [0.05, 0.1) is 17.8 Å². The molecule has 172 valence electrons. The van der Waals surface area contributed by atoms with Crippen LogP contribution in [0.5, 0.6) is 0 Å². The van der Waals surface area contributed by atoms with Gasteiger partial charge in [-0.05, 0) is 81.4 Å². The Hall–Kier alpha value is -3.16. The van der Waals surface area contributed by atoms with Gasteiger partial charge in [0.1, 0.15) is 11.6 Å². The molecule has 7 heteroatoms. The Morgan fingerprint density at radius 1 is 1.12 bits per heavy atom. The van der Waals surface area contributed by atoms with Gasteiger partial charge in [-0.15, -0.1) is 0 Å². The molecule has 33 heavy (non-hydrogen) atoms. The highest BCUT2D eigenvalue weighted by molar-refractivity contribution is 5.79. The predicted molar refractivity (Wildman–Crippen MR) is 125 cm³/mol. The molecule has 0 radical (unpaired) electrons. The standard InChI is InChI=1S/C26H28FN3O3/c1-17(24-14-20(16-32-24)19-5-8-23-25(13-19)33-26(31)28-23)30(22-9-11-29(2)12-10-22)15-18-3-6-21(27)7-4-18/h3-8,13-14,16-17,22H,9-12,15H2,1-2H3,(H,28,31). The minimum atomic E-state index is -0.460. The van der Waals surface area contributed by atoms with Gasteiger partial charge >= 0.3 is 5.76 Å². The number of nitrogens with one attached hydrogen (secondary N) is 1. The average molecular weight is 450 g/mol. The molecule has 0 saturated carbocycles. The van der Waals surface area contributed by atoms with Crippen LogP contribution in [0.1, 0.15) is 37.1 Å². The number of piperidine rings is 1. The fourth-order valence-electron chi connectivity index (χ4n) is 4.72. The van der Waals surface area contributed by atoms with Gasteiger partial charge in [-0.25, -0.2) is 9.18 Å². The molecule has 1 unspecified atom stereocenters. The number of aromatic amines is 1. The highest BCUT2D eigenvalue weighted by atomic mass is 19.1. The monoisotopic (exact) mass is 449 g/mol. The number of aromatic nitrogens is 1. The molecule has 2 aromatic heterocycles. The number of furan rings is 1. The summed E-state index contributed by atoms with van der Waals surface area (Å²) in [6.45, 7) is 5.01. The van der Waals surface area contributed by atoms with Crippen LogP contribution in [0.25, 0.3) is 22.2 Å². The average Bonchev–Trinajstić information content (AvgIpc) is 3.44. The van der Waals surface area contributed by atoms with E-state index in [-0.39, 0.29) is 11.9 Å². The van der Waals surface area contributed by atoms with E-state index in [2.05, 4.69) is 34.8 Å². The number of fused-ring (bicyclic) bond motifs is 1. The number of oxazole rings is 1. The van der Waals surface area contributed by atoms with E-state index in [1.54, 1.807) is 6.26 Å². The number of H-pyrrole nitrogens is 1. The van der Waals surface area contributed by atoms with Gasteiger partial charge in [0.15, 0.2) is 5.58 Å². The summed E-state index contributed by atoms with van der Waals surface area (Å²) in [6.07, 6.45) is 3.92. The lowest BCUT2D eigenvalue weighted by Gasteiger charge is -2.40. The van der Waals surface area contributed by atoms with Crippen LogP contribution in [-0.2, 0) is 6.54 Å². The van der Waals surface area contributed by atoms with Crippen molar-refractivity contribution in [3.63, 3.8) is 0 Å². The maximum Gasteiger partial charge on any atom is 0.417 e. The molecule has 1 saturated heterocycles. The molecule has 0 spiro atoms. The lowest BCUT2D eigenvalue weighted by atomic mass is 9.99. The van der Waals surface area contributed by atoms with Crippen LogP contribution < -0.4 is 5.76 Å². The fourth-order valence-corrected chi connectivity index (χ4v) is 4.72. The Morgan fingerprint density at radius 2 is 1.88 bits per heavy atom. The van der Waals surface area contributed by atoms with Crippen molar-refractivity contribution >= 4 is 11.1 Å². The van der Waals surface area contributed by atoms with Crippen LogP contribution in [0.3, 0.4) is 0 Å². The summed E-state index contributed by atoms with van der Waals surface area (Å²) in [7, 11) is 2.16. The van der Waals surface area contributed by atoms with E-state index in [1.807, 2.05) is 30.3 Å². The summed E-state index contributed by atoms with van der Waals surface area (Å²) in [6, 6.07) is 14.9. The van der Waals surface area contributed by atoms with Gasteiger partial charge in [-0.2, -0.15) is 0 Å². The Labute approximate surface area is 191 Å². The third-order valence-corrected chi connectivity index (χ3v) is 6.72. The van der Waals surface area contributed by atoms with Crippen molar-refractivity contribution in [2.75, 3.05) is 20.1 Å². The maximum atomic E-state index is 13.4. The highest BCUT2D eigenvalue weighted by Gasteiger charge is 2.29. The van der Waals surface area contributed by atoms with Crippen molar-refractivity contribution in [2.24, 2.45) is 0 Å². The Kier molecular flexibility index (Phi) is 5.91. The van der Waals surface area contributed by atoms with Crippen molar-refractivity contribution in [3.05, 3.63) is 82.5 Å². The first-order valence-electron chi connectivity index (χ1n) is 11.4. The molecule has 0 bridgehead atoms. The second-order valence-electron chi connectivity index (χ2n) is 8.97. The van der Waals surface area contributed by atoms with Gasteiger partial charge in [-0.1, -0.05) is 18.2 Å². The van der Waals surface area contributed by atoms with Crippen molar-refractivity contribution in [3.8, 4) is 11.1 Å². The van der Waals surface area contributed by atoms with Gasteiger partial charge in [0.2, 0.25) is 0 Å². The molecule has 1 atom stereocenters. The van der Waals surface area contributed by atoms with E-state index in [9.17, 15) is 9.18 Å². The van der Waals surface area contributed by atoms with Crippen LogP contribution in [0, 0.1) is 5.82 Å². The molecule has 2 aromatic carbocycles. The Bertz CT molecular complexity index is 1280. The van der Waals surface area contributed by atoms with E-state index in [0.717, 1.165) is 54.9 Å². The molecule has 1 aliphatic heterocycles. The zero-order valence-corrected chi connectivity index (χ0v) is 18.9. The lowest BCUT2D eigenvalue weighted by molar-refractivity contribution is 0.0713. The normalized spacial score (nSPS) is 16.6. The number of likely N-dealkylation sites (tertiary alicyclic amines) is 1. The first kappa shape index (κ1) is 21.7. The zero-order chi connectivity index (χ0) is 22.9. The van der Waals surface area contributed by atoms with Crippen molar-refractivity contribution in [1.82, 2.24) is 14.8 Å². The van der Waals surface area contributed by atoms with E-state index in [0.29, 0.717) is 17.1 Å². The zero-order valence-electron chi connectivity index (χ0n) is 18.9. The summed E-state index contributed by atoms with van der Waals surface area (Å²) >= 11 is 0. The van der Waals surface area contributed by atoms with Gasteiger partial charge in [0, 0.05) is 18.2 Å². The van der Waals surface area contributed by atoms with Gasteiger partial charge < -0.3 is 13.7 Å². The van der Waals surface area contributed by atoms with Crippen LogP contribution in [0.4, 0.5) is 4.39 Å². The quantitative estimate of drug-likeness (QED) is 0.440. The third kappa shape index (κ3) is 4.65. The number of rotatable bonds is 6. The molecular weight excluding hydrogens is 421 g/mol. The molecule has 1 N–H and O–H groups in total. The second-order valence-corrected chi connectivity index (χ2v) is 8.97. The van der Waals surface area contributed by atoms with Crippen LogP contribution in [0.15, 0.2) is 68.4 Å². The van der Waals surface area contributed by atoms with Crippen molar-refractivity contribution in [2.45, 2.75) is 38.4 Å².